The molecule has 0 spiro atoms. The maximum Gasteiger partial charge on any atom is 0.314 e. The van der Waals surface area contributed by atoms with Crippen LogP contribution in [0.2, 0.25) is 0 Å². The molecule has 1 aromatic rings. The van der Waals surface area contributed by atoms with Crippen molar-refractivity contribution in [2.24, 2.45) is 11.7 Å². The van der Waals surface area contributed by atoms with Gasteiger partial charge in [-0.15, -0.1) is 0 Å². The first-order valence-corrected chi connectivity index (χ1v) is 6.88. The van der Waals surface area contributed by atoms with Crippen molar-refractivity contribution in [1.82, 2.24) is 20.0 Å². The summed E-state index contributed by atoms with van der Waals surface area (Å²) in [6, 6.07) is 1.47. The number of primary amides is 1. The van der Waals surface area contributed by atoms with Gasteiger partial charge in [-0.3, -0.25) is 9.48 Å². The molecule has 1 aliphatic rings. The van der Waals surface area contributed by atoms with Gasteiger partial charge in [-0.1, -0.05) is 0 Å². The van der Waals surface area contributed by atoms with Crippen molar-refractivity contribution in [2.75, 3.05) is 13.1 Å². The number of nitrogens with two attached hydrogens (primary N) is 1. The van der Waals surface area contributed by atoms with Crippen LogP contribution in [0, 0.1) is 5.92 Å². The number of piperidine rings is 1. The largest absolute Gasteiger partial charge is 0.352 e. The van der Waals surface area contributed by atoms with Gasteiger partial charge in [0.25, 0.3) is 0 Å². The minimum Gasteiger partial charge on any atom is -0.352 e. The first kappa shape index (κ1) is 14.4. The summed E-state index contributed by atoms with van der Waals surface area (Å²) in [4.78, 5) is 24.7. The molecule has 110 valence electrons. The first-order valence-electron chi connectivity index (χ1n) is 6.88. The zero-order chi connectivity index (χ0) is 14.5. The van der Waals surface area contributed by atoms with Crippen molar-refractivity contribution in [3.05, 3.63) is 18.5 Å². The molecular formula is C13H21N5O2. The Labute approximate surface area is 118 Å². The van der Waals surface area contributed by atoms with Crippen molar-refractivity contribution < 1.29 is 9.59 Å². The van der Waals surface area contributed by atoms with E-state index in [-0.39, 0.29) is 17.9 Å². The molecule has 3 amide bonds. The highest BCUT2D eigenvalue weighted by molar-refractivity contribution is 5.79. The Balaban J connectivity index is 1.76. The van der Waals surface area contributed by atoms with E-state index in [4.69, 9.17) is 5.73 Å². The van der Waals surface area contributed by atoms with Gasteiger partial charge in [0.2, 0.25) is 5.91 Å². The van der Waals surface area contributed by atoms with Gasteiger partial charge in [0.05, 0.1) is 6.54 Å². The fraction of sp³-hybridized carbons (Fsp3) is 0.615. The summed E-state index contributed by atoms with van der Waals surface area (Å²) in [5.74, 6) is 0.0134. The van der Waals surface area contributed by atoms with Crippen LogP contribution in [-0.4, -0.2) is 45.8 Å². The molecule has 7 heteroatoms. The van der Waals surface area contributed by atoms with Crippen molar-refractivity contribution >= 4 is 11.9 Å². The lowest BCUT2D eigenvalue weighted by atomic mass is 9.96. The number of hydrogen-bond donors (Lipinski definition) is 2. The van der Waals surface area contributed by atoms with Crippen LogP contribution in [-0.2, 0) is 11.3 Å². The van der Waals surface area contributed by atoms with Gasteiger partial charge in [0, 0.05) is 37.4 Å². The van der Waals surface area contributed by atoms with E-state index in [1.165, 1.54) is 0 Å². The molecule has 2 heterocycles. The molecule has 7 nitrogen and oxygen atoms in total. The lowest BCUT2D eigenvalue weighted by Gasteiger charge is -2.30. The monoisotopic (exact) mass is 279 g/mol. The molecule has 1 aliphatic heterocycles. The number of nitrogens with one attached hydrogen (secondary N) is 1. The zero-order valence-corrected chi connectivity index (χ0v) is 11.7. The summed E-state index contributed by atoms with van der Waals surface area (Å²) >= 11 is 0. The van der Waals surface area contributed by atoms with Gasteiger partial charge >= 0.3 is 6.03 Å². The van der Waals surface area contributed by atoms with Crippen LogP contribution in [0.4, 0.5) is 4.79 Å². The van der Waals surface area contributed by atoms with E-state index in [1.54, 1.807) is 15.8 Å². The van der Waals surface area contributed by atoms with E-state index in [1.807, 2.05) is 19.2 Å². The van der Waals surface area contributed by atoms with Crippen molar-refractivity contribution in [3.63, 3.8) is 0 Å². The Bertz CT molecular complexity index is 451. The molecule has 1 fully saturated rings. The van der Waals surface area contributed by atoms with Crippen LogP contribution < -0.4 is 11.1 Å². The molecular weight excluding hydrogens is 258 g/mol. The van der Waals surface area contributed by atoms with Crippen molar-refractivity contribution in [2.45, 2.75) is 32.4 Å². The van der Waals surface area contributed by atoms with Crippen LogP contribution in [0.3, 0.4) is 0 Å². The number of hydrogen-bond acceptors (Lipinski definition) is 3. The van der Waals surface area contributed by atoms with Crippen LogP contribution in [0.5, 0.6) is 0 Å². The van der Waals surface area contributed by atoms with Gasteiger partial charge in [-0.05, 0) is 25.8 Å². The van der Waals surface area contributed by atoms with E-state index in [0.29, 0.717) is 32.5 Å². The molecule has 0 aromatic carbocycles. The Kier molecular flexibility index (Phi) is 4.60. The molecule has 2 rings (SSSR count). The van der Waals surface area contributed by atoms with Crippen LogP contribution in [0.25, 0.3) is 0 Å². The molecule has 0 saturated carbocycles. The Morgan fingerprint density at radius 1 is 1.45 bits per heavy atom. The average molecular weight is 279 g/mol. The van der Waals surface area contributed by atoms with Gasteiger partial charge in [-0.2, -0.15) is 5.10 Å². The predicted molar refractivity (Wildman–Crippen MR) is 73.7 cm³/mol. The SMILES string of the molecule is CC(Cn1cccn1)NC(=O)C1CCN(C(N)=O)CC1. The molecule has 1 aromatic heterocycles. The average Bonchev–Trinajstić information content (AvgIpc) is 2.91. The smallest absolute Gasteiger partial charge is 0.314 e. The van der Waals surface area contributed by atoms with E-state index in [2.05, 4.69) is 10.4 Å². The van der Waals surface area contributed by atoms with E-state index < -0.39 is 6.03 Å². The van der Waals surface area contributed by atoms with Gasteiger partial charge in [0.15, 0.2) is 0 Å². The minimum absolute atomic E-state index is 0.0246. The number of urea groups is 1. The van der Waals surface area contributed by atoms with Crippen molar-refractivity contribution in [1.29, 1.82) is 0 Å². The summed E-state index contributed by atoms with van der Waals surface area (Å²) in [6.07, 6.45) is 4.93. The van der Waals surface area contributed by atoms with Gasteiger partial charge in [0.1, 0.15) is 0 Å². The molecule has 3 N–H and O–H groups in total. The molecule has 1 unspecified atom stereocenters. The second kappa shape index (κ2) is 6.40. The number of carbonyl (C=O) groups excluding carboxylic acids is 2. The fourth-order valence-electron chi connectivity index (χ4n) is 2.46. The minimum atomic E-state index is -0.407. The highest BCUT2D eigenvalue weighted by Gasteiger charge is 2.26. The highest BCUT2D eigenvalue weighted by Crippen LogP contribution is 2.17. The summed E-state index contributed by atoms with van der Waals surface area (Å²) < 4.78 is 1.79. The van der Waals surface area contributed by atoms with E-state index >= 15 is 0 Å². The van der Waals surface area contributed by atoms with Gasteiger partial charge in [-0.25, -0.2) is 4.79 Å². The quantitative estimate of drug-likeness (QED) is 0.823. The Hall–Kier alpha value is -2.05. The highest BCUT2D eigenvalue weighted by atomic mass is 16.2. The number of nitrogens with zero attached hydrogens (tertiary/aromatic N) is 3. The summed E-state index contributed by atoms with van der Waals surface area (Å²) in [7, 11) is 0. The summed E-state index contributed by atoms with van der Waals surface area (Å²) in [5, 5.41) is 7.11. The molecule has 0 aliphatic carbocycles. The second-order valence-electron chi connectivity index (χ2n) is 5.24. The van der Waals surface area contributed by atoms with E-state index in [0.717, 1.165) is 0 Å². The number of likely N-dealkylation sites (tertiary alicyclic amines) is 1. The number of aromatic nitrogens is 2. The lowest BCUT2D eigenvalue weighted by Crippen LogP contribution is -2.46. The Morgan fingerprint density at radius 3 is 2.70 bits per heavy atom. The second-order valence-corrected chi connectivity index (χ2v) is 5.24. The Morgan fingerprint density at radius 2 is 2.15 bits per heavy atom. The fourth-order valence-corrected chi connectivity index (χ4v) is 2.46. The number of rotatable bonds is 4. The van der Waals surface area contributed by atoms with Crippen LogP contribution in [0.1, 0.15) is 19.8 Å². The first-order chi connectivity index (χ1) is 9.56. The van der Waals surface area contributed by atoms with Crippen LogP contribution >= 0.6 is 0 Å². The zero-order valence-electron chi connectivity index (χ0n) is 11.7. The van der Waals surface area contributed by atoms with E-state index in [9.17, 15) is 9.59 Å². The summed E-state index contributed by atoms with van der Waals surface area (Å²) in [6.45, 7) is 3.72. The van der Waals surface area contributed by atoms with Gasteiger partial charge < -0.3 is 16.0 Å². The topological polar surface area (TPSA) is 93.2 Å². The third-order valence-corrected chi connectivity index (χ3v) is 3.59. The molecule has 1 saturated heterocycles. The lowest BCUT2D eigenvalue weighted by molar-refractivity contribution is -0.126. The third-order valence-electron chi connectivity index (χ3n) is 3.59. The summed E-state index contributed by atoms with van der Waals surface area (Å²) in [5.41, 5.74) is 5.22. The molecule has 20 heavy (non-hydrogen) atoms. The normalized spacial score (nSPS) is 17.8. The number of amides is 3. The number of carbonyl (C=O) groups is 2. The van der Waals surface area contributed by atoms with Crippen molar-refractivity contribution in [3.8, 4) is 0 Å². The molecule has 0 bridgehead atoms. The standard InChI is InChI=1S/C13H21N5O2/c1-10(9-18-6-2-5-15-18)16-12(19)11-3-7-17(8-4-11)13(14)20/h2,5-6,10-11H,3-4,7-9H2,1H3,(H2,14,20)(H,16,19). The molecule has 1 atom stereocenters. The molecule has 0 radical (unpaired) electrons. The third kappa shape index (κ3) is 3.72. The predicted octanol–water partition coefficient (Wildman–Crippen LogP) is 0.179. The van der Waals surface area contributed by atoms with Crippen LogP contribution in [0.15, 0.2) is 18.5 Å². The maximum atomic E-state index is 12.1. The maximum absolute atomic E-state index is 12.1.